The van der Waals surface area contributed by atoms with Crippen molar-refractivity contribution in [3.63, 3.8) is 0 Å². The molecule has 0 N–H and O–H groups in total. The summed E-state index contributed by atoms with van der Waals surface area (Å²) >= 11 is 3.57. The van der Waals surface area contributed by atoms with E-state index in [-0.39, 0.29) is 5.41 Å². The lowest BCUT2D eigenvalue weighted by molar-refractivity contribution is 0.674. The van der Waals surface area contributed by atoms with Crippen LogP contribution in [0, 0.1) is 0 Å². The second-order valence-corrected chi connectivity index (χ2v) is 8.62. The molecule has 0 spiro atoms. The van der Waals surface area contributed by atoms with Crippen LogP contribution in [0.5, 0.6) is 0 Å². The summed E-state index contributed by atoms with van der Waals surface area (Å²) in [5.74, 6) is 0. The van der Waals surface area contributed by atoms with Gasteiger partial charge in [-0.1, -0.05) is 88.7 Å². The van der Waals surface area contributed by atoms with E-state index in [9.17, 15) is 0 Å². The van der Waals surface area contributed by atoms with Gasteiger partial charge in [-0.3, -0.25) is 9.98 Å². The summed E-state index contributed by atoms with van der Waals surface area (Å²) in [6.07, 6.45) is 8.89. The van der Waals surface area contributed by atoms with Crippen LogP contribution in [0.2, 0.25) is 0 Å². The minimum absolute atomic E-state index is 0.249. The van der Waals surface area contributed by atoms with Gasteiger partial charge in [-0.2, -0.15) is 0 Å². The molecule has 0 radical (unpaired) electrons. The largest absolute Gasteiger partial charge is 0.264 e. The quantitative estimate of drug-likeness (QED) is 0.310. The second kappa shape index (κ2) is 8.44. The van der Waals surface area contributed by atoms with E-state index in [1.54, 1.807) is 6.20 Å². The van der Waals surface area contributed by atoms with Gasteiger partial charge in [-0.15, -0.1) is 0 Å². The molecule has 0 fully saturated rings. The highest BCUT2D eigenvalue weighted by atomic mass is 79.9. The van der Waals surface area contributed by atoms with Gasteiger partial charge < -0.3 is 0 Å². The molecular formula is C28H21BrN2. The molecule has 150 valence electrons. The van der Waals surface area contributed by atoms with Crippen LogP contribution in [-0.2, 0) is 5.41 Å². The second-order valence-electron chi connectivity index (χ2n) is 7.71. The number of pyridine rings is 1. The number of halogens is 1. The van der Waals surface area contributed by atoms with Crippen LogP contribution >= 0.6 is 15.9 Å². The normalized spacial score (nSPS) is 17.9. The number of nitrogens with zero attached hydrogens (tertiary/aromatic N) is 2. The summed E-state index contributed by atoms with van der Waals surface area (Å²) in [5, 5.41) is 0. The number of aliphatic imine (C=N–C) groups is 1. The van der Waals surface area contributed by atoms with Gasteiger partial charge in [-0.25, -0.2) is 0 Å². The van der Waals surface area contributed by atoms with E-state index in [1.807, 2.05) is 12.3 Å². The Balaban J connectivity index is 1.59. The Labute approximate surface area is 191 Å². The lowest BCUT2D eigenvalue weighted by Gasteiger charge is -2.34. The van der Waals surface area contributed by atoms with Crippen molar-refractivity contribution in [2.75, 3.05) is 0 Å². The Morgan fingerprint density at radius 2 is 1.39 bits per heavy atom. The van der Waals surface area contributed by atoms with Gasteiger partial charge in [0.2, 0.25) is 0 Å². The van der Waals surface area contributed by atoms with E-state index in [2.05, 4.69) is 118 Å². The van der Waals surface area contributed by atoms with Crippen molar-refractivity contribution in [1.29, 1.82) is 0 Å². The maximum absolute atomic E-state index is 4.78. The summed E-state index contributed by atoms with van der Waals surface area (Å²) in [7, 11) is 0. The zero-order chi connectivity index (χ0) is 21.1. The summed E-state index contributed by atoms with van der Waals surface area (Å²) in [5.41, 5.74) is 6.66. The molecule has 0 bridgehead atoms. The molecule has 1 aliphatic heterocycles. The average molecular weight is 465 g/mol. The Morgan fingerprint density at radius 1 is 0.677 bits per heavy atom. The Hall–Kier alpha value is -3.30. The third kappa shape index (κ3) is 3.89. The van der Waals surface area contributed by atoms with Gasteiger partial charge >= 0.3 is 0 Å². The molecule has 3 heteroatoms. The highest BCUT2D eigenvalue weighted by Gasteiger charge is 2.34. The highest BCUT2D eigenvalue weighted by molar-refractivity contribution is 9.10. The molecule has 4 aromatic rings. The standard InChI is InChI=1S/C28H21BrN2/c29-26-14-12-25(13-15-26)28(24-6-2-1-3-7-24)16-18-31-27(19-28)22-10-8-21(9-11-22)23-5-4-17-30-20-23/h1-15,17-20H,16H2. The van der Waals surface area contributed by atoms with Crippen LogP contribution in [0.25, 0.3) is 16.8 Å². The molecule has 0 amide bonds. The van der Waals surface area contributed by atoms with Crippen molar-refractivity contribution in [2.24, 2.45) is 4.99 Å². The first-order valence-corrected chi connectivity index (χ1v) is 11.1. The highest BCUT2D eigenvalue weighted by Crippen LogP contribution is 2.42. The lowest BCUT2D eigenvalue weighted by atomic mass is 9.70. The first-order valence-electron chi connectivity index (χ1n) is 10.3. The van der Waals surface area contributed by atoms with E-state index in [0.717, 1.165) is 33.3 Å². The number of aromatic nitrogens is 1. The van der Waals surface area contributed by atoms with Crippen molar-refractivity contribution in [2.45, 2.75) is 11.8 Å². The zero-order valence-corrected chi connectivity index (χ0v) is 18.5. The SMILES string of the molecule is Brc1ccc(C2(c3ccccc3)C=C(c3ccc(-c4cccnc4)cc3)N=CC2)cc1. The molecule has 2 nitrogen and oxygen atoms in total. The van der Waals surface area contributed by atoms with Crippen LogP contribution in [0.15, 0.2) is 119 Å². The predicted octanol–water partition coefficient (Wildman–Crippen LogP) is 7.31. The Morgan fingerprint density at radius 3 is 2.10 bits per heavy atom. The Kier molecular flexibility index (Phi) is 5.35. The average Bonchev–Trinajstić information content (AvgIpc) is 2.86. The first kappa shape index (κ1) is 19.7. The van der Waals surface area contributed by atoms with Crippen LogP contribution < -0.4 is 0 Å². The molecule has 1 unspecified atom stereocenters. The maximum atomic E-state index is 4.78. The minimum Gasteiger partial charge on any atom is -0.264 e. The summed E-state index contributed by atoms with van der Waals surface area (Å²) in [6, 6.07) is 32.0. The third-order valence-electron chi connectivity index (χ3n) is 5.85. The number of allylic oxidation sites excluding steroid dienone is 1. The fraction of sp³-hybridized carbons (Fsp3) is 0.0714. The predicted molar refractivity (Wildman–Crippen MR) is 132 cm³/mol. The van der Waals surface area contributed by atoms with Crippen molar-refractivity contribution in [3.8, 4) is 11.1 Å². The van der Waals surface area contributed by atoms with E-state index in [0.29, 0.717) is 0 Å². The molecule has 0 saturated carbocycles. The maximum Gasteiger partial charge on any atom is 0.0670 e. The van der Waals surface area contributed by atoms with Crippen molar-refractivity contribution >= 4 is 27.8 Å². The van der Waals surface area contributed by atoms with Gasteiger partial charge in [0, 0.05) is 34.9 Å². The molecule has 2 heterocycles. The molecule has 31 heavy (non-hydrogen) atoms. The Bertz CT molecular complexity index is 1230. The van der Waals surface area contributed by atoms with Crippen molar-refractivity contribution in [1.82, 2.24) is 4.98 Å². The smallest absolute Gasteiger partial charge is 0.0670 e. The van der Waals surface area contributed by atoms with Gasteiger partial charge in [0.1, 0.15) is 0 Å². The number of hydrogen-bond donors (Lipinski definition) is 0. The molecule has 0 aliphatic carbocycles. The van der Waals surface area contributed by atoms with Crippen LogP contribution in [0.3, 0.4) is 0 Å². The fourth-order valence-corrected chi connectivity index (χ4v) is 4.46. The molecule has 1 aliphatic rings. The monoisotopic (exact) mass is 464 g/mol. The molecule has 1 atom stereocenters. The van der Waals surface area contributed by atoms with Gasteiger partial charge in [-0.05, 0) is 52.1 Å². The number of benzene rings is 3. The topological polar surface area (TPSA) is 25.2 Å². The molecule has 5 rings (SSSR count). The van der Waals surface area contributed by atoms with Crippen LogP contribution in [-0.4, -0.2) is 11.2 Å². The van der Waals surface area contributed by atoms with E-state index in [1.165, 1.54) is 11.1 Å². The first-order chi connectivity index (χ1) is 15.2. The zero-order valence-electron chi connectivity index (χ0n) is 16.9. The van der Waals surface area contributed by atoms with Crippen LogP contribution in [0.1, 0.15) is 23.1 Å². The van der Waals surface area contributed by atoms with Crippen molar-refractivity contribution in [3.05, 3.63) is 131 Å². The molecular weight excluding hydrogens is 444 g/mol. The summed E-state index contributed by atoms with van der Waals surface area (Å²) in [6.45, 7) is 0. The van der Waals surface area contributed by atoms with Gasteiger partial charge in [0.15, 0.2) is 0 Å². The fourth-order valence-electron chi connectivity index (χ4n) is 4.19. The summed E-state index contributed by atoms with van der Waals surface area (Å²) < 4.78 is 1.08. The van der Waals surface area contributed by atoms with E-state index in [4.69, 9.17) is 4.99 Å². The molecule has 3 aromatic carbocycles. The van der Waals surface area contributed by atoms with Crippen molar-refractivity contribution < 1.29 is 0 Å². The minimum atomic E-state index is -0.249. The molecule has 0 saturated heterocycles. The van der Waals surface area contributed by atoms with Gasteiger partial charge in [0.05, 0.1) is 5.70 Å². The van der Waals surface area contributed by atoms with E-state index >= 15 is 0 Å². The van der Waals surface area contributed by atoms with E-state index < -0.39 is 0 Å². The summed E-state index contributed by atoms with van der Waals surface area (Å²) in [4.78, 5) is 9.01. The van der Waals surface area contributed by atoms with Crippen LogP contribution in [0.4, 0.5) is 0 Å². The number of hydrogen-bond acceptors (Lipinski definition) is 2. The lowest BCUT2D eigenvalue weighted by Crippen LogP contribution is -2.28. The molecule has 1 aromatic heterocycles. The van der Waals surface area contributed by atoms with Gasteiger partial charge in [0.25, 0.3) is 0 Å². The number of rotatable bonds is 4. The third-order valence-corrected chi connectivity index (χ3v) is 6.38.